The third-order valence-corrected chi connectivity index (χ3v) is 1.99. The lowest BCUT2D eigenvalue weighted by atomic mass is 9.94. The summed E-state index contributed by atoms with van der Waals surface area (Å²) in [4.78, 5) is 0. The average Bonchev–Trinajstić information content (AvgIpc) is 1.84. The lowest BCUT2D eigenvalue weighted by molar-refractivity contribution is 0.386. The summed E-state index contributed by atoms with van der Waals surface area (Å²) in [5.74, 6) is 1.49. The van der Waals surface area contributed by atoms with Gasteiger partial charge in [-0.15, -0.1) is 0 Å². The Bertz CT molecular complexity index is 44.3. The molecule has 0 aliphatic carbocycles. The van der Waals surface area contributed by atoms with Crippen molar-refractivity contribution in [1.29, 1.82) is 0 Å². The Labute approximate surface area is 52.3 Å². The fourth-order valence-electron chi connectivity index (χ4n) is 0.635. The van der Waals surface area contributed by atoms with Gasteiger partial charge in [-0.1, -0.05) is 27.2 Å². The second-order valence-corrected chi connectivity index (χ2v) is 2.60. The number of rotatable bonds is 3. The van der Waals surface area contributed by atoms with E-state index in [1.54, 1.807) is 0 Å². The largest absolute Gasteiger partial charge is 0.330 e. The predicted molar refractivity (Wildman–Crippen MR) is 37.7 cm³/mol. The van der Waals surface area contributed by atoms with Gasteiger partial charge in [-0.05, 0) is 18.4 Å². The summed E-state index contributed by atoms with van der Waals surface area (Å²) in [5, 5.41) is 0. The first-order chi connectivity index (χ1) is 3.72. The molecule has 1 heteroatoms. The molecule has 0 heterocycles. The van der Waals surface area contributed by atoms with Gasteiger partial charge in [0.15, 0.2) is 0 Å². The average molecular weight is 115 g/mol. The Morgan fingerprint density at radius 2 is 1.75 bits per heavy atom. The number of nitrogens with two attached hydrogens (primary N) is 1. The van der Waals surface area contributed by atoms with Gasteiger partial charge in [-0.3, -0.25) is 0 Å². The molecule has 0 aliphatic heterocycles. The molecule has 0 saturated carbocycles. The van der Waals surface area contributed by atoms with E-state index in [1.165, 1.54) is 6.42 Å². The van der Waals surface area contributed by atoms with E-state index in [0.29, 0.717) is 5.92 Å². The van der Waals surface area contributed by atoms with Crippen molar-refractivity contribution in [2.24, 2.45) is 17.6 Å². The molecular formula is C7H17N. The van der Waals surface area contributed by atoms with Gasteiger partial charge in [-0.2, -0.15) is 0 Å². The monoisotopic (exact) mass is 115 g/mol. The van der Waals surface area contributed by atoms with E-state index in [1.807, 2.05) is 0 Å². The van der Waals surface area contributed by atoms with Gasteiger partial charge in [0.2, 0.25) is 0 Å². The van der Waals surface area contributed by atoms with E-state index in [2.05, 4.69) is 20.8 Å². The summed E-state index contributed by atoms with van der Waals surface area (Å²) < 4.78 is 0. The van der Waals surface area contributed by atoms with Crippen molar-refractivity contribution >= 4 is 0 Å². The summed E-state index contributed by atoms with van der Waals surface area (Å²) in [5.41, 5.74) is 5.45. The molecule has 0 aliphatic rings. The molecule has 0 radical (unpaired) electrons. The third-order valence-electron chi connectivity index (χ3n) is 1.99. The van der Waals surface area contributed by atoms with E-state index >= 15 is 0 Å². The standard InChI is InChI=1S/C7H17N/c1-4-6(2)7(3)5-8/h6-7H,4-5,8H2,1-3H3/t6?,7-/m1/s1. The Morgan fingerprint density at radius 3 is 1.88 bits per heavy atom. The van der Waals surface area contributed by atoms with Crippen LogP contribution in [-0.2, 0) is 0 Å². The van der Waals surface area contributed by atoms with Gasteiger partial charge >= 0.3 is 0 Å². The molecule has 1 nitrogen and oxygen atoms in total. The van der Waals surface area contributed by atoms with Crippen LogP contribution in [0.4, 0.5) is 0 Å². The zero-order chi connectivity index (χ0) is 6.57. The maximum absolute atomic E-state index is 5.45. The van der Waals surface area contributed by atoms with Gasteiger partial charge in [0.1, 0.15) is 0 Å². The van der Waals surface area contributed by atoms with Gasteiger partial charge in [-0.25, -0.2) is 0 Å². The third kappa shape index (κ3) is 2.31. The van der Waals surface area contributed by atoms with Gasteiger partial charge in [0.05, 0.1) is 0 Å². The van der Waals surface area contributed by atoms with Gasteiger partial charge in [0.25, 0.3) is 0 Å². The number of hydrogen-bond acceptors (Lipinski definition) is 1. The Balaban J connectivity index is 3.29. The van der Waals surface area contributed by atoms with Crippen molar-refractivity contribution < 1.29 is 0 Å². The van der Waals surface area contributed by atoms with Crippen LogP contribution in [0.1, 0.15) is 27.2 Å². The Hall–Kier alpha value is -0.0400. The molecule has 0 saturated heterocycles. The quantitative estimate of drug-likeness (QED) is 0.594. The fraction of sp³-hybridized carbons (Fsp3) is 1.00. The van der Waals surface area contributed by atoms with E-state index < -0.39 is 0 Å². The highest BCUT2D eigenvalue weighted by Crippen LogP contribution is 2.11. The molecular weight excluding hydrogens is 98.1 g/mol. The zero-order valence-electron chi connectivity index (χ0n) is 6.15. The molecule has 2 N–H and O–H groups in total. The Kier molecular flexibility index (Phi) is 3.88. The van der Waals surface area contributed by atoms with Crippen molar-refractivity contribution in [3.63, 3.8) is 0 Å². The van der Waals surface area contributed by atoms with Crippen LogP contribution in [0, 0.1) is 11.8 Å². The summed E-state index contributed by atoms with van der Waals surface area (Å²) in [6.07, 6.45) is 1.25. The minimum atomic E-state index is 0.694. The van der Waals surface area contributed by atoms with E-state index in [4.69, 9.17) is 5.73 Å². The smallest absolute Gasteiger partial charge is 0.00490 e. The minimum absolute atomic E-state index is 0.694. The Morgan fingerprint density at radius 1 is 1.25 bits per heavy atom. The molecule has 8 heavy (non-hydrogen) atoms. The lowest BCUT2D eigenvalue weighted by Crippen LogP contribution is -2.17. The number of hydrogen-bond donors (Lipinski definition) is 1. The van der Waals surface area contributed by atoms with E-state index in [0.717, 1.165) is 12.5 Å². The molecule has 0 aromatic heterocycles. The summed E-state index contributed by atoms with van der Waals surface area (Å²) in [7, 11) is 0. The molecule has 0 aromatic rings. The molecule has 50 valence electrons. The second-order valence-electron chi connectivity index (χ2n) is 2.60. The lowest BCUT2D eigenvalue weighted by Gasteiger charge is -2.14. The molecule has 0 fully saturated rings. The van der Waals surface area contributed by atoms with Crippen LogP contribution in [0.25, 0.3) is 0 Å². The summed E-state index contributed by atoms with van der Waals surface area (Å²) in [6, 6.07) is 0. The normalized spacial score (nSPS) is 18.0. The first-order valence-electron chi connectivity index (χ1n) is 3.42. The predicted octanol–water partition coefficient (Wildman–Crippen LogP) is 1.63. The highest BCUT2D eigenvalue weighted by atomic mass is 14.5. The van der Waals surface area contributed by atoms with Crippen LogP contribution >= 0.6 is 0 Å². The van der Waals surface area contributed by atoms with Crippen LogP contribution in [-0.4, -0.2) is 6.54 Å². The van der Waals surface area contributed by atoms with Crippen LogP contribution in [0.15, 0.2) is 0 Å². The topological polar surface area (TPSA) is 26.0 Å². The van der Waals surface area contributed by atoms with Gasteiger partial charge < -0.3 is 5.73 Å². The first-order valence-corrected chi connectivity index (χ1v) is 3.42. The van der Waals surface area contributed by atoms with Crippen LogP contribution in [0.5, 0.6) is 0 Å². The second kappa shape index (κ2) is 3.90. The van der Waals surface area contributed by atoms with Gasteiger partial charge in [0, 0.05) is 0 Å². The molecule has 0 aromatic carbocycles. The summed E-state index contributed by atoms with van der Waals surface area (Å²) >= 11 is 0. The molecule has 1 unspecified atom stereocenters. The minimum Gasteiger partial charge on any atom is -0.330 e. The molecule has 2 atom stereocenters. The van der Waals surface area contributed by atoms with Crippen LogP contribution < -0.4 is 5.73 Å². The zero-order valence-corrected chi connectivity index (χ0v) is 6.15. The SMILES string of the molecule is CCC(C)[C@H](C)CN. The van der Waals surface area contributed by atoms with E-state index in [-0.39, 0.29) is 0 Å². The van der Waals surface area contributed by atoms with Crippen molar-refractivity contribution in [3.05, 3.63) is 0 Å². The van der Waals surface area contributed by atoms with Crippen molar-refractivity contribution in [2.75, 3.05) is 6.54 Å². The van der Waals surface area contributed by atoms with Crippen LogP contribution in [0.2, 0.25) is 0 Å². The highest BCUT2D eigenvalue weighted by Gasteiger charge is 2.05. The molecule has 0 amide bonds. The molecule has 0 bridgehead atoms. The fourth-order valence-corrected chi connectivity index (χ4v) is 0.635. The summed E-state index contributed by atoms with van der Waals surface area (Å²) in [6.45, 7) is 7.48. The maximum Gasteiger partial charge on any atom is -0.00490 e. The molecule has 0 rings (SSSR count). The van der Waals surface area contributed by atoms with Crippen molar-refractivity contribution in [3.8, 4) is 0 Å². The maximum atomic E-state index is 5.45. The van der Waals surface area contributed by atoms with E-state index in [9.17, 15) is 0 Å². The van der Waals surface area contributed by atoms with Crippen molar-refractivity contribution in [2.45, 2.75) is 27.2 Å². The first kappa shape index (κ1) is 7.96. The highest BCUT2D eigenvalue weighted by molar-refractivity contribution is 4.59. The van der Waals surface area contributed by atoms with Crippen LogP contribution in [0.3, 0.4) is 0 Å². The molecule has 0 spiro atoms. The van der Waals surface area contributed by atoms with Crippen molar-refractivity contribution in [1.82, 2.24) is 0 Å².